The van der Waals surface area contributed by atoms with Crippen LogP contribution in [0.25, 0.3) is 93.6 Å². The summed E-state index contributed by atoms with van der Waals surface area (Å²) in [5.41, 5.74) is 18.3. The number of benzene rings is 10. The zero-order chi connectivity index (χ0) is 42.5. The molecule has 10 aromatic carbocycles. The standard InChI is InChI=1S/C61H42N2O/c1-61(2)50-30-12-8-26-48(50)57-45(27-16-31-51(57)61)42-23-9-14-33-53(42)63(55-35-17-29-47-44-25-11-13-32-52(44)62(59(47)55)40-20-4-3-5-21-40)54-34-15-10-24-43(54)46-28-18-36-56-58(46)49-38-37-39-19-6-7-22-41(39)60(49)64-56/h3-38H,1-2H3. The maximum absolute atomic E-state index is 6.80. The molecule has 0 aliphatic heterocycles. The molecule has 0 bridgehead atoms. The van der Waals surface area contributed by atoms with Gasteiger partial charge >= 0.3 is 0 Å². The van der Waals surface area contributed by atoms with Gasteiger partial charge in [0, 0.05) is 49.2 Å². The van der Waals surface area contributed by atoms with Crippen LogP contribution in [0.3, 0.4) is 0 Å². The monoisotopic (exact) mass is 818 g/mol. The van der Waals surface area contributed by atoms with Gasteiger partial charge in [-0.2, -0.15) is 0 Å². The lowest BCUT2D eigenvalue weighted by molar-refractivity contribution is 0.660. The van der Waals surface area contributed by atoms with Gasteiger partial charge in [0.25, 0.3) is 0 Å². The van der Waals surface area contributed by atoms with Gasteiger partial charge in [-0.3, -0.25) is 0 Å². The minimum absolute atomic E-state index is 0.136. The first kappa shape index (κ1) is 36.5. The molecule has 0 saturated carbocycles. The number of furan rings is 1. The number of rotatable bonds is 6. The second kappa shape index (κ2) is 13.9. The number of anilines is 3. The van der Waals surface area contributed by atoms with Gasteiger partial charge in [0.1, 0.15) is 11.2 Å². The summed E-state index contributed by atoms with van der Waals surface area (Å²) in [4.78, 5) is 2.53. The Bertz CT molecular complexity index is 3830. The normalized spacial score (nSPS) is 13.0. The zero-order valence-corrected chi connectivity index (χ0v) is 35.6. The third kappa shape index (κ3) is 5.22. The molecule has 0 N–H and O–H groups in total. The van der Waals surface area contributed by atoms with Crippen molar-refractivity contribution in [2.75, 3.05) is 4.90 Å². The van der Waals surface area contributed by atoms with Crippen LogP contribution in [0, 0.1) is 0 Å². The average Bonchev–Trinajstić information content (AvgIpc) is 3.99. The second-order valence-electron chi connectivity index (χ2n) is 17.6. The Labute approximate surface area is 371 Å². The zero-order valence-electron chi connectivity index (χ0n) is 35.6. The first-order chi connectivity index (χ1) is 31.6. The van der Waals surface area contributed by atoms with Gasteiger partial charge in [-0.05, 0) is 87.3 Å². The van der Waals surface area contributed by atoms with Gasteiger partial charge in [0.15, 0.2) is 0 Å². The molecule has 2 heterocycles. The number of hydrogen-bond acceptors (Lipinski definition) is 2. The quantitative estimate of drug-likeness (QED) is 0.167. The van der Waals surface area contributed by atoms with Crippen molar-refractivity contribution in [3.8, 4) is 39.1 Å². The smallest absolute Gasteiger partial charge is 0.143 e. The van der Waals surface area contributed by atoms with Crippen LogP contribution in [0.1, 0.15) is 25.0 Å². The van der Waals surface area contributed by atoms with E-state index in [-0.39, 0.29) is 5.41 Å². The molecule has 0 spiro atoms. The predicted octanol–water partition coefficient (Wildman–Crippen LogP) is 16.9. The van der Waals surface area contributed by atoms with E-state index < -0.39 is 0 Å². The Morgan fingerprint density at radius 1 is 0.406 bits per heavy atom. The van der Waals surface area contributed by atoms with Crippen LogP contribution < -0.4 is 4.90 Å². The van der Waals surface area contributed by atoms with Gasteiger partial charge in [0.2, 0.25) is 0 Å². The van der Waals surface area contributed by atoms with Crippen LogP contribution in [-0.2, 0) is 5.41 Å². The van der Waals surface area contributed by atoms with Gasteiger partial charge in [-0.1, -0.05) is 184 Å². The summed E-state index contributed by atoms with van der Waals surface area (Å²) < 4.78 is 9.25. The van der Waals surface area contributed by atoms with E-state index in [1.54, 1.807) is 0 Å². The first-order valence-corrected chi connectivity index (χ1v) is 22.2. The van der Waals surface area contributed by atoms with Crippen molar-refractivity contribution in [1.82, 2.24) is 4.57 Å². The van der Waals surface area contributed by atoms with Gasteiger partial charge < -0.3 is 13.9 Å². The molecule has 3 heteroatoms. The van der Waals surface area contributed by atoms with Crippen molar-refractivity contribution in [3.05, 3.63) is 230 Å². The molecule has 302 valence electrons. The van der Waals surface area contributed by atoms with Crippen LogP contribution in [0.4, 0.5) is 17.1 Å². The molecule has 3 nitrogen and oxygen atoms in total. The van der Waals surface area contributed by atoms with Gasteiger partial charge in [-0.25, -0.2) is 0 Å². The van der Waals surface area contributed by atoms with E-state index in [0.717, 1.165) is 66.7 Å². The number of fused-ring (bicyclic) bond motifs is 11. The first-order valence-electron chi connectivity index (χ1n) is 22.2. The van der Waals surface area contributed by atoms with E-state index in [0.29, 0.717) is 0 Å². The van der Waals surface area contributed by atoms with Crippen LogP contribution >= 0.6 is 0 Å². The fourth-order valence-electron chi connectivity index (χ4n) is 11.0. The molecule has 0 radical (unpaired) electrons. The third-order valence-corrected chi connectivity index (χ3v) is 13.8. The highest BCUT2D eigenvalue weighted by molar-refractivity contribution is 6.21. The van der Waals surface area contributed by atoms with Gasteiger partial charge in [-0.15, -0.1) is 0 Å². The Balaban J connectivity index is 1.15. The molecule has 2 aromatic heterocycles. The molecule has 0 amide bonds. The van der Waals surface area contributed by atoms with E-state index in [1.165, 1.54) is 55.1 Å². The molecular formula is C61H42N2O. The lowest BCUT2D eigenvalue weighted by Crippen LogP contribution is -2.15. The van der Waals surface area contributed by atoms with E-state index in [2.05, 4.69) is 242 Å². The SMILES string of the molecule is CC1(C)c2ccccc2-c2c(-c3ccccc3N(c3ccccc3-c3cccc4oc5c6ccccc6ccc5c34)c3cccc4c5ccccc5n(-c5ccccc5)c34)cccc21. The minimum Gasteiger partial charge on any atom is -0.455 e. The summed E-state index contributed by atoms with van der Waals surface area (Å²) in [6.45, 7) is 4.73. The Hall–Kier alpha value is -8.14. The van der Waals surface area contributed by atoms with E-state index >= 15 is 0 Å². The number of para-hydroxylation sites is 5. The van der Waals surface area contributed by atoms with Crippen LogP contribution in [0.2, 0.25) is 0 Å². The molecule has 64 heavy (non-hydrogen) atoms. The van der Waals surface area contributed by atoms with E-state index in [9.17, 15) is 0 Å². The van der Waals surface area contributed by atoms with Crippen molar-refractivity contribution < 1.29 is 4.42 Å². The van der Waals surface area contributed by atoms with Crippen molar-refractivity contribution in [3.63, 3.8) is 0 Å². The minimum atomic E-state index is -0.136. The number of aromatic nitrogens is 1. The van der Waals surface area contributed by atoms with Crippen LogP contribution in [-0.4, -0.2) is 4.57 Å². The van der Waals surface area contributed by atoms with Gasteiger partial charge in [0.05, 0.1) is 28.1 Å². The Morgan fingerprint density at radius 3 is 1.81 bits per heavy atom. The van der Waals surface area contributed by atoms with E-state index in [1.807, 2.05) is 0 Å². The molecule has 0 fully saturated rings. The highest BCUT2D eigenvalue weighted by Crippen LogP contribution is 2.55. The van der Waals surface area contributed by atoms with Crippen LogP contribution in [0.5, 0.6) is 0 Å². The molecule has 1 aliphatic rings. The van der Waals surface area contributed by atoms with Crippen molar-refractivity contribution in [2.45, 2.75) is 19.3 Å². The Kier molecular flexibility index (Phi) is 7.95. The fourth-order valence-corrected chi connectivity index (χ4v) is 11.0. The summed E-state index contributed by atoms with van der Waals surface area (Å²) in [5, 5.41) is 6.92. The molecular weight excluding hydrogens is 777 g/mol. The molecule has 1 aliphatic carbocycles. The second-order valence-corrected chi connectivity index (χ2v) is 17.6. The number of hydrogen-bond donors (Lipinski definition) is 0. The lowest BCUT2D eigenvalue weighted by Gasteiger charge is -2.31. The average molecular weight is 819 g/mol. The van der Waals surface area contributed by atoms with Crippen molar-refractivity contribution in [2.24, 2.45) is 0 Å². The summed E-state index contributed by atoms with van der Waals surface area (Å²) in [6.07, 6.45) is 0. The molecule has 0 saturated heterocycles. The topological polar surface area (TPSA) is 21.3 Å². The maximum Gasteiger partial charge on any atom is 0.143 e. The third-order valence-electron chi connectivity index (χ3n) is 13.8. The fraction of sp³-hybridized carbons (Fsp3) is 0.0492. The van der Waals surface area contributed by atoms with Crippen molar-refractivity contribution in [1.29, 1.82) is 0 Å². The molecule has 0 unspecified atom stereocenters. The molecule has 0 atom stereocenters. The highest BCUT2D eigenvalue weighted by Gasteiger charge is 2.37. The van der Waals surface area contributed by atoms with Crippen LogP contribution in [0.15, 0.2) is 223 Å². The number of nitrogens with zero attached hydrogens (tertiary/aromatic N) is 2. The summed E-state index contributed by atoms with van der Waals surface area (Å²) in [7, 11) is 0. The van der Waals surface area contributed by atoms with Crippen molar-refractivity contribution >= 4 is 71.6 Å². The molecule has 13 rings (SSSR count). The highest BCUT2D eigenvalue weighted by atomic mass is 16.3. The summed E-state index contributed by atoms with van der Waals surface area (Å²) >= 11 is 0. The largest absolute Gasteiger partial charge is 0.455 e. The summed E-state index contributed by atoms with van der Waals surface area (Å²) in [5.74, 6) is 0. The Morgan fingerprint density at radius 2 is 0.984 bits per heavy atom. The maximum atomic E-state index is 6.80. The van der Waals surface area contributed by atoms with E-state index in [4.69, 9.17) is 4.42 Å². The molecule has 12 aromatic rings. The predicted molar refractivity (Wildman–Crippen MR) is 269 cm³/mol. The summed E-state index contributed by atoms with van der Waals surface area (Å²) in [6, 6.07) is 79.7. The lowest BCUT2D eigenvalue weighted by atomic mass is 9.82.